The van der Waals surface area contributed by atoms with Crippen LogP contribution in [0.2, 0.25) is 0 Å². The largest absolute Gasteiger partial charge is 0.301 e. The summed E-state index contributed by atoms with van der Waals surface area (Å²) in [6.07, 6.45) is 3.84. The lowest BCUT2D eigenvalue weighted by Crippen LogP contribution is -2.18. The molecule has 0 aliphatic rings. The maximum atomic E-state index is 4.20. The van der Waals surface area contributed by atoms with Crippen molar-refractivity contribution in [3.05, 3.63) is 22.4 Å². The minimum Gasteiger partial charge on any atom is -0.301 e. The first-order chi connectivity index (χ1) is 6.83. The number of nitrogens with zero attached hydrogens (tertiary/aromatic N) is 1. The summed E-state index contributed by atoms with van der Waals surface area (Å²) >= 11 is 6.05. The van der Waals surface area contributed by atoms with Crippen LogP contribution in [0.5, 0.6) is 0 Å². The molecule has 0 aliphatic carbocycles. The summed E-state index contributed by atoms with van der Waals surface area (Å²) in [5, 5.41) is 2.14. The summed E-state index contributed by atoms with van der Waals surface area (Å²) in [7, 11) is 2.19. The highest BCUT2D eigenvalue weighted by atomic mass is 32.1. The highest BCUT2D eigenvalue weighted by Gasteiger charge is 2.00. The molecular weight excluding hydrogens is 210 g/mol. The van der Waals surface area contributed by atoms with Crippen molar-refractivity contribution >= 4 is 24.0 Å². The Balaban J connectivity index is 2.07. The molecule has 0 N–H and O–H groups in total. The number of rotatable bonds is 7. The van der Waals surface area contributed by atoms with Gasteiger partial charge in [0.15, 0.2) is 0 Å². The standard InChI is InChI=1S/C11H19NS2/c1-12(7-3-2-4-8-13)10-11-6-5-9-14-11/h5-6,9,13H,2-4,7-8,10H2,1H3. The van der Waals surface area contributed by atoms with Crippen LogP contribution in [0.1, 0.15) is 24.1 Å². The predicted molar refractivity (Wildman–Crippen MR) is 68.4 cm³/mol. The Bertz CT molecular complexity index is 221. The first-order valence-electron chi connectivity index (χ1n) is 5.14. The molecule has 0 fully saturated rings. The van der Waals surface area contributed by atoms with Gasteiger partial charge < -0.3 is 4.90 Å². The Morgan fingerprint density at radius 2 is 2.21 bits per heavy atom. The zero-order valence-electron chi connectivity index (χ0n) is 8.78. The lowest BCUT2D eigenvalue weighted by atomic mass is 10.2. The lowest BCUT2D eigenvalue weighted by Gasteiger charge is -2.14. The smallest absolute Gasteiger partial charge is 0.0324 e. The molecule has 0 aromatic carbocycles. The molecule has 0 aliphatic heterocycles. The van der Waals surface area contributed by atoms with Gasteiger partial charge in [-0.05, 0) is 43.6 Å². The molecule has 3 heteroatoms. The Morgan fingerprint density at radius 1 is 1.36 bits per heavy atom. The van der Waals surface area contributed by atoms with Crippen LogP contribution in [-0.2, 0) is 6.54 Å². The van der Waals surface area contributed by atoms with Crippen LogP contribution in [0.4, 0.5) is 0 Å². The highest BCUT2D eigenvalue weighted by Crippen LogP contribution is 2.11. The van der Waals surface area contributed by atoms with Gasteiger partial charge in [-0.25, -0.2) is 0 Å². The molecular formula is C11H19NS2. The van der Waals surface area contributed by atoms with Crippen LogP contribution in [-0.4, -0.2) is 24.2 Å². The van der Waals surface area contributed by atoms with Gasteiger partial charge in [-0.2, -0.15) is 12.6 Å². The molecule has 1 aromatic heterocycles. The fourth-order valence-electron chi connectivity index (χ4n) is 1.42. The van der Waals surface area contributed by atoms with Gasteiger partial charge in [-0.3, -0.25) is 0 Å². The second-order valence-corrected chi connectivity index (χ2v) is 5.08. The van der Waals surface area contributed by atoms with Crippen molar-refractivity contribution in [3.8, 4) is 0 Å². The van der Waals surface area contributed by atoms with Gasteiger partial charge in [0.25, 0.3) is 0 Å². The Labute approximate surface area is 96.5 Å². The van der Waals surface area contributed by atoms with Crippen LogP contribution in [0, 0.1) is 0 Å². The van der Waals surface area contributed by atoms with Crippen LogP contribution >= 0.6 is 24.0 Å². The summed E-state index contributed by atoms with van der Waals surface area (Å²) in [6.45, 7) is 2.30. The molecule has 80 valence electrons. The van der Waals surface area contributed by atoms with Crippen molar-refractivity contribution in [2.45, 2.75) is 25.8 Å². The first kappa shape index (κ1) is 12.1. The molecule has 0 radical (unpaired) electrons. The van der Waals surface area contributed by atoms with E-state index in [0.29, 0.717) is 0 Å². The van der Waals surface area contributed by atoms with Gasteiger partial charge in [0.1, 0.15) is 0 Å². The second kappa shape index (κ2) is 7.32. The van der Waals surface area contributed by atoms with Gasteiger partial charge in [-0.15, -0.1) is 11.3 Å². The minimum atomic E-state index is 1.02. The van der Waals surface area contributed by atoms with Crippen molar-refractivity contribution in [2.24, 2.45) is 0 Å². The summed E-state index contributed by atoms with van der Waals surface area (Å²) in [5.74, 6) is 1.02. The summed E-state index contributed by atoms with van der Waals surface area (Å²) in [5.41, 5.74) is 0. The topological polar surface area (TPSA) is 3.24 Å². The molecule has 0 saturated carbocycles. The van der Waals surface area contributed by atoms with E-state index in [1.807, 2.05) is 11.3 Å². The molecule has 0 bridgehead atoms. The molecule has 0 spiro atoms. The Hall–Kier alpha value is 0.01000. The third-order valence-corrected chi connectivity index (χ3v) is 3.38. The van der Waals surface area contributed by atoms with Crippen LogP contribution in [0.25, 0.3) is 0 Å². The SMILES string of the molecule is CN(CCCCCS)Cc1cccs1. The monoisotopic (exact) mass is 229 g/mol. The molecule has 1 nitrogen and oxygen atoms in total. The zero-order valence-corrected chi connectivity index (χ0v) is 10.5. The van der Waals surface area contributed by atoms with Gasteiger partial charge in [0.05, 0.1) is 0 Å². The lowest BCUT2D eigenvalue weighted by molar-refractivity contribution is 0.321. The highest BCUT2D eigenvalue weighted by molar-refractivity contribution is 7.80. The molecule has 0 saturated heterocycles. The fourth-order valence-corrected chi connectivity index (χ4v) is 2.43. The van der Waals surface area contributed by atoms with Gasteiger partial charge in [0, 0.05) is 11.4 Å². The van der Waals surface area contributed by atoms with Crippen LogP contribution < -0.4 is 0 Å². The number of thiophene rings is 1. The predicted octanol–water partition coefficient (Wildman–Crippen LogP) is 3.28. The van der Waals surface area contributed by atoms with Crippen molar-refractivity contribution in [1.82, 2.24) is 4.90 Å². The third-order valence-electron chi connectivity index (χ3n) is 2.20. The molecule has 14 heavy (non-hydrogen) atoms. The average molecular weight is 229 g/mol. The van der Waals surface area contributed by atoms with Crippen molar-refractivity contribution in [1.29, 1.82) is 0 Å². The number of thiol groups is 1. The molecule has 0 unspecified atom stereocenters. The molecule has 1 rings (SSSR count). The summed E-state index contributed by atoms with van der Waals surface area (Å²) < 4.78 is 0. The maximum absolute atomic E-state index is 4.20. The quantitative estimate of drug-likeness (QED) is 0.555. The molecule has 1 aromatic rings. The van der Waals surface area contributed by atoms with E-state index in [1.165, 1.54) is 30.7 Å². The van der Waals surface area contributed by atoms with Crippen molar-refractivity contribution < 1.29 is 0 Å². The molecule has 0 atom stereocenters. The summed E-state index contributed by atoms with van der Waals surface area (Å²) in [4.78, 5) is 3.85. The van der Waals surface area contributed by atoms with E-state index in [2.05, 4.69) is 42.1 Å². The van der Waals surface area contributed by atoms with E-state index in [0.717, 1.165) is 12.3 Å². The van der Waals surface area contributed by atoms with Crippen molar-refractivity contribution in [3.63, 3.8) is 0 Å². The summed E-state index contributed by atoms with van der Waals surface area (Å²) in [6, 6.07) is 4.32. The number of hydrogen-bond acceptors (Lipinski definition) is 3. The van der Waals surface area contributed by atoms with E-state index in [9.17, 15) is 0 Å². The minimum absolute atomic E-state index is 1.02. The Kier molecular flexibility index (Phi) is 6.32. The average Bonchev–Trinajstić information content (AvgIpc) is 2.65. The van der Waals surface area contributed by atoms with Crippen molar-refractivity contribution in [2.75, 3.05) is 19.3 Å². The van der Waals surface area contributed by atoms with Gasteiger partial charge >= 0.3 is 0 Å². The van der Waals surface area contributed by atoms with E-state index in [4.69, 9.17) is 0 Å². The number of hydrogen-bond donors (Lipinski definition) is 1. The van der Waals surface area contributed by atoms with Crippen LogP contribution in [0.3, 0.4) is 0 Å². The van der Waals surface area contributed by atoms with Gasteiger partial charge in [-0.1, -0.05) is 12.5 Å². The van der Waals surface area contributed by atoms with E-state index >= 15 is 0 Å². The first-order valence-corrected chi connectivity index (χ1v) is 6.66. The van der Waals surface area contributed by atoms with Gasteiger partial charge in [0.2, 0.25) is 0 Å². The third kappa shape index (κ3) is 5.03. The zero-order chi connectivity index (χ0) is 10.2. The van der Waals surface area contributed by atoms with E-state index < -0.39 is 0 Å². The van der Waals surface area contributed by atoms with E-state index in [-0.39, 0.29) is 0 Å². The van der Waals surface area contributed by atoms with E-state index in [1.54, 1.807) is 0 Å². The Morgan fingerprint density at radius 3 is 2.86 bits per heavy atom. The maximum Gasteiger partial charge on any atom is 0.0324 e. The number of unbranched alkanes of at least 4 members (excludes halogenated alkanes) is 2. The molecule has 0 amide bonds. The second-order valence-electron chi connectivity index (χ2n) is 3.60. The fraction of sp³-hybridized carbons (Fsp3) is 0.636. The van der Waals surface area contributed by atoms with Crippen LogP contribution in [0.15, 0.2) is 17.5 Å². The normalized spacial score (nSPS) is 11.1. The molecule has 1 heterocycles.